The summed E-state index contributed by atoms with van der Waals surface area (Å²) >= 11 is 0. The van der Waals surface area contributed by atoms with Crippen molar-refractivity contribution in [3.05, 3.63) is 0 Å². The average Bonchev–Trinajstić information content (AvgIpc) is 2.93. The molecule has 8 nitrogen and oxygen atoms in total. The summed E-state index contributed by atoms with van der Waals surface area (Å²) in [5, 5.41) is 2.44. The quantitative estimate of drug-likeness (QED) is 0.696. The summed E-state index contributed by atoms with van der Waals surface area (Å²) in [6.45, 7) is 6.88. The molecule has 0 aromatic rings. The third-order valence-electron chi connectivity index (χ3n) is 4.92. The fourth-order valence-electron chi connectivity index (χ4n) is 3.47. The fourth-order valence-corrected chi connectivity index (χ4v) is 3.47. The molecule has 3 aliphatic heterocycles. The van der Waals surface area contributed by atoms with E-state index in [9.17, 15) is 9.59 Å². The molecule has 2 unspecified atom stereocenters. The van der Waals surface area contributed by atoms with E-state index >= 15 is 0 Å². The maximum Gasteiger partial charge on any atom is 0.325 e. The van der Waals surface area contributed by atoms with Gasteiger partial charge in [-0.3, -0.25) is 15.0 Å². The molecule has 0 saturated carbocycles. The zero-order valence-corrected chi connectivity index (χ0v) is 14.5. The lowest BCUT2D eigenvalue weighted by atomic mass is 10.1. The highest BCUT2D eigenvalue weighted by atomic mass is 16.5. The van der Waals surface area contributed by atoms with Crippen molar-refractivity contribution < 1.29 is 14.3 Å². The third-order valence-corrected chi connectivity index (χ3v) is 4.92. The summed E-state index contributed by atoms with van der Waals surface area (Å²) in [6, 6.07) is -0.772. The molecule has 3 rings (SSSR count). The Bertz CT molecular complexity index is 518. The van der Waals surface area contributed by atoms with Crippen molar-refractivity contribution in [1.29, 1.82) is 0 Å². The van der Waals surface area contributed by atoms with Crippen LogP contribution in [0.5, 0.6) is 0 Å². The van der Waals surface area contributed by atoms with E-state index in [1.54, 1.807) is 7.05 Å². The molecule has 0 bridgehead atoms. The number of morpholine rings is 1. The molecule has 2 atom stereocenters. The smallest absolute Gasteiger partial charge is 0.325 e. The molecule has 0 aromatic carbocycles. The van der Waals surface area contributed by atoms with Crippen molar-refractivity contribution in [3.8, 4) is 0 Å². The summed E-state index contributed by atoms with van der Waals surface area (Å²) < 4.78 is 5.40. The minimum absolute atomic E-state index is 0.236. The Morgan fingerprint density at radius 3 is 2.71 bits per heavy atom. The fraction of sp³-hybridized carbons (Fsp3) is 0.812. The molecule has 3 heterocycles. The number of hydrogen-bond donors (Lipinski definition) is 1. The Kier molecular flexibility index (Phi) is 5.35. The molecular weight excluding hydrogens is 310 g/mol. The van der Waals surface area contributed by atoms with Crippen LogP contribution in [-0.4, -0.2) is 91.1 Å². The highest BCUT2D eigenvalue weighted by Gasteiger charge is 2.48. The number of carbonyl (C=O) groups is 2. The molecular formula is C16H27N5O3. The predicted octanol–water partition coefficient (Wildman–Crippen LogP) is 0.0992. The van der Waals surface area contributed by atoms with E-state index in [2.05, 4.69) is 22.0 Å². The second-order valence-electron chi connectivity index (χ2n) is 6.60. The van der Waals surface area contributed by atoms with Gasteiger partial charge >= 0.3 is 6.03 Å². The minimum Gasteiger partial charge on any atom is -0.379 e. The number of aliphatic imine (C=N–C) groups is 1. The first kappa shape index (κ1) is 17.2. The zero-order valence-electron chi connectivity index (χ0n) is 14.5. The van der Waals surface area contributed by atoms with E-state index in [-0.39, 0.29) is 11.9 Å². The van der Waals surface area contributed by atoms with Crippen LogP contribution in [0, 0.1) is 0 Å². The van der Waals surface area contributed by atoms with Crippen LogP contribution in [0.1, 0.15) is 26.2 Å². The topological polar surface area (TPSA) is 77.5 Å². The highest BCUT2D eigenvalue weighted by molar-refractivity contribution is 6.04. The Morgan fingerprint density at radius 1 is 1.25 bits per heavy atom. The minimum atomic E-state index is -0.413. The number of ether oxygens (including phenoxy) is 1. The molecule has 0 aliphatic carbocycles. The van der Waals surface area contributed by atoms with Gasteiger partial charge in [-0.2, -0.15) is 0 Å². The monoisotopic (exact) mass is 337 g/mol. The average molecular weight is 337 g/mol. The molecule has 0 radical (unpaired) electrons. The zero-order chi connectivity index (χ0) is 17.1. The number of urea groups is 1. The van der Waals surface area contributed by atoms with Crippen LogP contribution in [0.25, 0.3) is 0 Å². The van der Waals surface area contributed by atoms with Gasteiger partial charge in [-0.25, -0.2) is 9.79 Å². The summed E-state index contributed by atoms with van der Waals surface area (Å²) in [7, 11) is 1.70. The molecule has 8 heteroatoms. The van der Waals surface area contributed by atoms with Crippen molar-refractivity contribution in [2.45, 2.75) is 38.4 Å². The molecule has 3 amide bonds. The van der Waals surface area contributed by atoms with E-state index in [1.165, 1.54) is 4.90 Å². The number of amidine groups is 1. The van der Waals surface area contributed by atoms with E-state index in [4.69, 9.17) is 9.73 Å². The van der Waals surface area contributed by atoms with E-state index < -0.39 is 12.2 Å². The Hall–Kier alpha value is -1.67. The molecule has 3 aliphatic rings. The number of carbonyl (C=O) groups excluding carboxylic acids is 2. The Morgan fingerprint density at radius 2 is 2.00 bits per heavy atom. The normalized spacial score (nSPS) is 28.0. The standard InChI is InChI=1S/C16H27N5O3/c1-3-4-5-6-21-12(11-20-7-9-24-10-8-20)17-14-13(21)15(22)18-16(23)19(14)2/h13-14H,3-11H2,1-2H3,(H,18,22,23). The number of fused-ring (bicyclic) bond motifs is 1. The van der Waals surface area contributed by atoms with Crippen molar-refractivity contribution >= 4 is 17.8 Å². The van der Waals surface area contributed by atoms with Crippen molar-refractivity contribution in [2.75, 3.05) is 46.4 Å². The summed E-state index contributed by atoms with van der Waals surface area (Å²) in [4.78, 5) is 35.0. The molecule has 0 spiro atoms. The van der Waals surface area contributed by atoms with Gasteiger partial charge in [-0.05, 0) is 6.42 Å². The van der Waals surface area contributed by atoms with Crippen LogP contribution in [0.3, 0.4) is 0 Å². The maximum atomic E-state index is 12.4. The number of hydrogen-bond acceptors (Lipinski definition) is 6. The number of imide groups is 1. The lowest BCUT2D eigenvalue weighted by molar-refractivity contribution is -0.127. The number of rotatable bonds is 6. The molecule has 0 aromatic heterocycles. The summed E-state index contributed by atoms with van der Waals surface area (Å²) in [5.41, 5.74) is 0. The molecule has 1 N–H and O–H groups in total. The number of amides is 3. The molecule has 134 valence electrons. The second kappa shape index (κ2) is 7.48. The first-order valence-corrected chi connectivity index (χ1v) is 8.83. The maximum absolute atomic E-state index is 12.4. The number of unbranched alkanes of at least 4 members (excludes halogenated alkanes) is 2. The third kappa shape index (κ3) is 3.39. The summed E-state index contributed by atoms with van der Waals surface area (Å²) in [6.07, 6.45) is 2.86. The first-order valence-electron chi connectivity index (χ1n) is 8.83. The highest BCUT2D eigenvalue weighted by Crippen LogP contribution is 2.25. The lowest BCUT2D eigenvalue weighted by Crippen LogP contribution is -2.64. The number of nitrogens with zero attached hydrogens (tertiary/aromatic N) is 4. The van der Waals surface area contributed by atoms with Crippen molar-refractivity contribution in [2.24, 2.45) is 4.99 Å². The van der Waals surface area contributed by atoms with Crippen LogP contribution in [-0.2, 0) is 9.53 Å². The van der Waals surface area contributed by atoms with Gasteiger partial charge < -0.3 is 14.5 Å². The van der Waals surface area contributed by atoms with Crippen molar-refractivity contribution in [3.63, 3.8) is 0 Å². The molecule has 24 heavy (non-hydrogen) atoms. The van der Waals surface area contributed by atoms with Gasteiger partial charge in [-0.1, -0.05) is 19.8 Å². The Labute approximate surface area is 142 Å². The van der Waals surface area contributed by atoms with Crippen LogP contribution < -0.4 is 5.32 Å². The lowest BCUT2D eigenvalue weighted by Gasteiger charge is -2.37. The van der Waals surface area contributed by atoms with E-state index in [1.807, 2.05) is 0 Å². The van der Waals surface area contributed by atoms with Gasteiger partial charge in [0.1, 0.15) is 5.84 Å². The van der Waals surface area contributed by atoms with E-state index in [0.29, 0.717) is 6.54 Å². The van der Waals surface area contributed by atoms with Gasteiger partial charge in [0.25, 0.3) is 5.91 Å². The number of nitrogens with one attached hydrogen (secondary N) is 1. The van der Waals surface area contributed by atoms with Gasteiger partial charge in [0.15, 0.2) is 12.2 Å². The van der Waals surface area contributed by atoms with Crippen LogP contribution in [0.15, 0.2) is 4.99 Å². The van der Waals surface area contributed by atoms with Gasteiger partial charge in [0.2, 0.25) is 0 Å². The number of likely N-dealkylation sites (N-methyl/N-ethyl adjacent to an activating group) is 1. The van der Waals surface area contributed by atoms with Gasteiger partial charge in [0.05, 0.1) is 19.8 Å². The Balaban J connectivity index is 1.76. The SMILES string of the molecule is CCCCCN1C(CN2CCOCC2)=NC2C1C(=O)NC(=O)N2C. The largest absolute Gasteiger partial charge is 0.379 e. The molecule has 2 fully saturated rings. The van der Waals surface area contributed by atoms with Crippen LogP contribution >= 0.6 is 0 Å². The van der Waals surface area contributed by atoms with Gasteiger partial charge in [-0.15, -0.1) is 0 Å². The van der Waals surface area contributed by atoms with Crippen LogP contribution in [0.2, 0.25) is 0 Å². The van der Waals surface area contributed by atoms with E-state index in [0.717, 1.165) is 57.9 Å². The first-order chi connectivity index (χ1) is 11.6. The van der Waals surface area contributed by atoms with Crippen molar-refractivity contribution in [1.82, 2.24) is 20.0 Å². The molecule has 2 saturated heterocycles. The summed E-state index contributed by atoms with van der Waals surface area (Å²) in [5.74, 6) is 0.681. The van der Waals surface area contributed by atoms with Gasteiger partial charge in [0, 0.05) is 26.7 Å². The van der Waals surface area contributed by atoms with Crippen LogP contribution in [0.4, 0.5) is 4.79 Å². The predicted molar refractivity (Wildman–Crippen MR) is 89.8 cm³/mol. The second-order valence-corrected chi connectivity index (χ2v) is 6.60.